The first kappa shape index (κ1) is 20.7. The summed E-state index contributed by atoms with van der Waals surface area (Å²) >= 11 is 0. The standard InChI is InChI=1S/C19H16F4N6O2/c20-13-3-1-12(2-4-13)14-5-7-27(10-15(14)30)17-9-24-29(18(31)25-17)11-28-8-6-16(26-28)19(21,22)23/h1-6,8-9,15,30H,7,10-11H2/t15-/m0/s1. The number of β-amino-alcohol motifs (C(OH)–C–C–N with tert-alkyl or cyclic N) is 1. The van der Waals surface area contributed by atoms with E-state index in [-0.39, 0.29) is 24.8 Å². The van der Waals surface area contributed by atoms with Gasteiger partial charge in [0.1, 0.15) is 12.5 Å². The predicted octanol–water partition coefficient (Wildman–Crippen LogP) is 1.76. The third kappa shape index (κ3) is 4.48. The molecule has 0 saturated heterocycles. The zero-order valence-corrected chi connectivity index (χ0v) is 15.9. The lowest BCUT2D eigenvalue weighted by Crippen LogP contribution is -2.40. The summed E-state index contributed by atoms with van der Waals surface area (Å²) in [5, 5.41) is 17.8. The monoisotopic (exact) mass is 436 g/mol. The van der Waals surface area contributed by atoms with Gasteiger partial charge in [-0.2, -0.15) is 33.0 Å². The molecule has 8 nitrogen and oxygen atoms in total. The lowest BCUT2D eigenvalue weighted by Gasteiger charge is -2.31. The summed E-state index contributed by atoms with van der Waals surface area (Å²) < 4.78 is 52.8. The van der Waals surface area contributed by atoms with E-state index in [1.165, 1.54) is 18.3 Å². The average molecular weight is 436 g/mol. The second kappa shape index (κ2) is 7.95. The van der Waals surface area contributed by atoms with Gasteiger partial charge in [-0.05, 0) is 29.3 Å². The summed E-state index contributed by atoms with van der Waals surface area (Å²) in [6.45, 7) is 0.130. The number of hydrogen-bond donors (Lipinski definition) is 1. The highest BCUT2D eigenvalue weighted by atomic mass is 19.4. The zero-order chi connectivity index (χ0) is 22.2. The molecule has 0 amide bonds. The number of rotatable bonds is 4. The van der Waals surface area contributed by atoms with Crippen LogP contribution in [0.4, 0.5) is 23.4 Å². The van der Waals surface area contributed by atoms with Gasteiger partial charge in [0.25, 0.3) is 0 Å². The highest BCUT2D eigenvalue weighted by Crippen LogP contribution is 2.27. The fourth-order valence-electron chi connectivity index (χ4n) is 3.20. The highest BCUT2D eigenvalue weighted by molar-refractivity contribution is 5.71. The van der Waals surface area contributed by atoms with E-state index < -0.39 is 23.7 Å². The summed E-state index contributed by atoms with van der Waals surface area (Å²) in [5.41, 5.74) is -0.523. The molecule has 0 aliphatic carbocycles. The molecule has 12 heteroatoms. The smallest absolute Gasteiger partial charge is 0.387 e. The number of aromatic nitrogens is 5. The Balaban J connectivity index is 1.49. The number of halogens is 4. The summed E-state index contributed by atoms with van der Waals surface area (Å²) in [6, 6.07) is 6.55. The molecule has 162 valence electrons. The van der Waals surface area contributed by atoms with Crippen LogP contribution < -0.4 is 10.6 Å². The predicted molar refractivity (Wildman–Crippen MR) is 102 cm³/mol. The molecule has 3 heterocycles. The Labute approximate surface area is 172 Å². The molecule has 0 bridgehead atoms. The van der Waals surface area contributed by atoms with Gasteiger partial charge in [-0.1, -0.05) is 18.2 Å². The quantitative estimate of drug-likeness (QED) is 0.627. The molecule has 2 aromatic heterocycles. The molecular weight excluding hydrogens is 420 g/mol. The Morgan fingerprint density at radius 2 is 1.90 bits per heavy atom. The van der Waals surface area contributed by atoms with Crippen LogP contribution in [0.15, 0.2) is 53.6 Å². The van der Waals surface area contributed by atoms with Crippen LogP contribution in [0.25, 0.3) is 5.57 Å². The SMILES string of the molecule is O=c1nc(N2CC=C(c3ccc(F)cc3)[C@@H](O)C2)cnn1Cn1ccc(C(F)(F)F)n1. The molecule has 0 spiro atoms. The van der Waals surface area contributed by atoms with Crippen LogP contribution in [0.2, 0.25) is 0 Å². The normalized spacial score (nSPS) is 17.0. The number of aliphatic hydroxyl groups is 1. The van der Waals surface area contributed by atoms with Crippen LogP contribution in [-0.4, -0.2) is 48.8 Å². The molecule has 1 aliphatic rings. The first-order valence-corrected chi connectivity index (χ1v) is 9.14. The van der Waals surface area contributed by atoms with Gasteiger partial charge in [-0.3, -0.25) is 4.68 Å². The molecule has 1 atom stereocenters. The van der Waals surface area contributed by atoms with Gasteiger partial charge < -0.3 is 10.0 Å². The van der Waals surface area contributed by atoms with E-state index in [1.807, 2.05) is 0 Å². The molecule has 0 radical (unpaired) electrons. The molecule has 0 fully saturated rings. The van der Waals surface area contributed by atoms with Crippen LogP contribution in [0, 0.1) is 5.82 Å². The summed E-state index contributed by atoms with van der Waals surface area (Å²) in [6.07, 6.45) is -1.35. The average Bonchev–Trinajstić information content (AvgIpc) is 3.19. The van der Waals surface area contributed by atoms with Crippen LogP contribution in [0.1, 0.15) is 11.3 Å². The Morgan fingerprint density at radius 3 is 2.52 bits per heavy atom. The van der Waals surface area contributed by atoms with Crippen molar-refractivity contribution in [2.45, 2.75) is 18.9 Å². The summed E-state index contributed by atoms with van der Waals surface area (Å²) in [5.74, 6) is -0.164. The van der Waals surface area contributed by atoms with E-state index in [2.05, 4.69) is 15.2 Å². The number of aliphatic hydroxyl groups excluding tert-OH is 1. The van der Waals surface area contributed by atoms with E-state index in [0.29, 0.717) is 17.7 Å². The van der Waals surface area contributed by atoms with E-state index >= 15 is 0 Å². The maximum absolute atomic E-state index is 13.1. The number of alkyl halides is 3. The molecule has 3 aromatic rings. The van der Waals surface area contributed by atoms with Crippen molar-refractivity contribution in [3.8, 4) is 0 Å². The minimum absolute atomic E-state index is 0.134. The Morgan fingerprint density at radius 1 is 1.16 bits per heavy atom. The second-order valence-corrected chi connectivity index (χ2v) is 6.86. The summed E-state index contributed by atoms with van der Waals surface area (Å²) in [4.78, 5) is 17.8. The third-order valence-corrected chi connectivity index (χ3v) is 4.74. The molecule has 31 heavy (non-hydrogen) atoms. The van der Waals surface area contributed by atoms with Gasteiger partial charge in [-0.15, -0.1) is 0 Å². The molecule has 1 N–H and O–H groups in total. The molecule has 1 aliphatic heterocycles. The fraction of sp³-hybridized carbons (Fsp3) is 0.263. The Hall–Kier alpha value is -3.54. The van der Waals surface area contributed by atoms with Crippen LogP contribution in [-0.2, 0) is 12.8 Å². The van der Waals surface area contributed by atoms with Gasteiger partial charge in [0.2, 0.25) is 0 Å². The van der Waals surface area contributed by atoms with Crippen molar-refractivity contribution >= 4 is 11.4 Å². The number of hydrogen-bond acceptors (Lipinski definition) is 6. The van der Waals surface area contributed by atoms with Crippen LogP contribution in [0.5, 0.6) is 0 Å². The van der Waals surface area contributed by atoms with E-state index in [0.717, 1.165) is 21.6 Å². The molecular formula is C19H16F4N6O2. The van der Waals surface area contributed by atoms with Crippen molar-refractivity contribution in [1.82, 2.24) is 24.5 Å². The maximum Gasteiger partial charge on any atom is 0.435 e. The van der Waals surface area contributed by atoms with E-state index in [9.17, 15) is 27.5 Å². The van der Waals surface area contributed by atoms with Crippen LogP contribution >= 0.6 is 0 Å². The number of nitrogens with zero attached hydrogens (tertiary/aromatic N) is 6. The first-order chi connectivity index (χ1) is 14.7. The van der Waals surface area contributed by atoms with Gasteiger partial charge in [0, 0.05) is 19.3 Å². The van der Waals surface area contributed by atoms with Crippen molar-refractivity contribution in [1.29, 1.82) is 0 Å². The molecule has 1 aromatic carbocycles. The molecule has 4 rings (SSSR count). The van der Waals surface area contributed by atoms with Crippen LogP contribution in [0.3, 0.4) is 0 Å². The van der Waals surface area contributed by atoms with Crippen molar-refractivity contribution in [3.05, 3.63) is 76.4 Å². The topological polar surface area (TPSA) is 89.1 Å². The highest BCUT2D eigenvalue weighted by Gasteiger charge is 2.33. The third-order valence-electron chi connectivity index (χ3n) is 4.74. The maximum atomic E-state index is 13.1. The van der Waals surface area contributed by atoms with Crippen molar-refractivity contribution in [3.63, 3.8) is 0 Å². The zero-order valence-electron chi connectivity index (χ0n) is 15.9. The lowest BCUT2D eigenvalue weighted by atomic mass is 9.97. The van der Waals surface area contributed by atoms with Crippen molar-refractivity contribution in [2.24, 2.45) is 0 Å². The second-order valence-electron chi connectivity index (χ2n) is 6.86. The van der Waals surface area contributed by atoms with Gasteiger partial charge in [-0.25, -0.2) is 9.18 Å². The van der Waals surface area contributed by atoms with E-state index in [1.54, 1.807) is 23.1 Å². The Bertz CT molecular complexity index is 1170. The van der Waals surface area contributed by atoms with E-state index in [4.69, 9.17) is 0 Å². The number of anilines is 1. The molecule has 0 unspecified atom stereocenters. The Kier molecular flexibility index (Phi) is 5.31. The number of benzene rings is 1. The van der Waals surface area contributed by atoms with Crippen molar-refractivity contribution in [2.75, 3.05) is 18.0 Å². The first-order valence-electron chi connectivity index (χ1n) is 9.14. The lowest BCUT2D eigenvalue weighted by molar-refractivity contribution is -0.141. The van der Waals surface area contributed by atoms with Gasteiger partial charge in [0.15, 0.2) is 11.5 Å². The fourth-order valence-corrected chi connectivity index (χ4v) is 3.20. The summed E-state index contributed by atoms with van der Waals surface area (Å²) in [7, 11) is 0. The van der Waals surface area contributed by atoms with Gasteiger partial charge in [0.05, 0.1) is 12.3 Å². The minimum Gasteiger partial charge on any atom is -0.387 e. The van der Waals surface area contributed by atoms with Crippen molar-refractivity contribution < 1.29 is 22.7 Å². The largest absolute Gasteiger partial charge is 0.435 e. The molecule has 0 saturated carbocycles. The minimum atomic E-state index is -4.58. The van der Waals surface area contributed by atoms with Gasteiger partial charge >= 0.3 is 11.9 Å².